The van der Waals surface area contributed by atoms with Crippen molar-refractivity contribution in [2.75, 3.05) is 4.90 Å². The predicted octanol–water partition coefficient (Wildman–Crippen LogP) is 13.0. The van der Waals surface area contributed by atoms with Gasteiger partial charge in [0.15, 0.2) is 0 Å². The molecule has 0 radical (unpaired) electrons. The normalized spacial score (nSPS) is 12.1. The number of hydrogen-bond donors (Lipinski definition) is 0. The summed E-state index contributed by atoms with van der Waals surface area (Å²) >= 11 is 0. The van der Waals surface area contributed by atoms with Crippen LogP contribution < -0.4 is 4.90 Å². The van der Waals surface area contributed by atoms with E-state index in [9.17, 15) is 0 Å². The van der Waals surface area contributed by atoms with Gasteiger partial charge in [-0.2, -0.15) is 0 Å². The minimum atomic E-state index is 1.13. The molecule has 0 bridgehead atoms. The highest BCUT2D eigenvalue weighted by Crippen LogP contribution is 2.39. The number of nitrogens with zero attached hydrogens (tertiary/aromatic N) is 2. The van der Waals surface area contributed by atoms with Crippen LogP contribution in [-0.4, -0.2) is 4.57 Å². The molecule has 0 amide bonds. The maximum atomic E-state index is 2.37. The van der Waals surface area contributed by atoms with Crippen LogP contribution in [-0.2, 0) is 0 Å². The Bertz CT molecular complexity index is 2400. The Morgan fingerprint density at radius 3 is 1.56 bits per heavy atom. The molecule has 7 aromatic carbocycles. The van der Waals surface area contributed by atoms with Crippen molar-refractivity contribution in [3.8, 4) is 5.69 Å². The quantitative estimate of drug-likeness (QED) is 0.168. The van der Waals surface area contributed by atoms with Gasteiger partial charge in [-0.3, -0.25) is 0 Å². The molecule has 8 aromatic rings. The molecule has 232 valence electrons. The summed E-state index contributed by atoms with van der Waals surface area (Å²) in [4.78, 5) is 2.37. The second kappa shape index (κ2) is 12.1. The average Bonchev–Trinajstić information content (AvgIpc) is 3.39. The van der Waals surface area contributed by atoms with Crippen molar-refractivity contribution in [2.45, 2.75) is 27.7 Å². The van der Waals surface area contributed by atoms with Crippen LogP contribution >= 0.6 is 0 Å². The van der Waals surface area contributed by atoms with Gasteiger partial charge in [-0.25, -0.2) is 0 Å². The highest BCUT2D eigenvalue weighted by molar-refractivity contribution is 5.96. The van der Waals surface area contributed by atoms with Crippen molar-refractivity contribution < 1.29 is 0 Å². The van der Waals surface area contributed by atoms with Crippen LogP contribution in [0.4, 0.5) is 17.1 Å². The van der Waals surface area contributed by atoms with Crippen molar-refractivity contribution in [3.63, 3.8) is 0 Å². The molecule has 0 atom stereocenters. The van der Waals surface area contributed by atoms with E-state index in [1.807, 2.05) is 0 Å². The lowest BCUT2D eigenvalue weighted by Gasteiger charge is -2.26. The van der Waals surface area contributed by atoms with Crippen molar-refractivity contribution in [2.24, 2.45) is 0 Å². The molecule has 2 nitrogen and oxygen atoms in total. The van der Waals surface area contributed by atoms with Crippen molar-refractivity contribution in [1.82, 2.24) is 4.57 Å². The Balaban J connectivity index is 1.18. The Morgan fingerprint density at radius 1 is 0.458 bits per heavy atom. The summed E-state index contributed by atoms with van der Waals surface area (Å²) in [7, 11) is 0. The maximum Gasteiger partial charge on any atom is 0.0534 e. The average molecular weight is 619 g/mol. The smallest absolute Gasteiger partial charge is 0.0534 e. The SMILES string of the molecule is C/C(=C(/C)c1ccc2c(c1)c(C)c(C)n2-c1ccccc1)c1ccc(N(c2ccc3ccccc3c2)c2ccc3ccccc3c2)cc1. The number of aryl methyl sites for hydroxylation is 1. The predicted molar refractivity (Wildman–Crippen MR) is 207 cm³/mol. The molecular weight excluding hydrogens is 581 g/mol. The number of hydrogen-bond acceptors (Lipinski definition) is 1. The van der Waals surface area contributed by atoms with E-state index >= 15 is 0 Å². The lowest BCUT2D eigenvalue weighted by molar-refractivity contribution is 1.04. The summed E-state index contributed by atoms with van der Waals surface area (Å²) in [6, 6.07) is 57.2. The molecule has 0 unspecified atom stereocenters. The fourth-order valence-electron chi connectivity index (χ4n) is 7.09. The molecule has 0 aliphatic rings. The molecule has 0 aliphatic heterocycles. The van der Waals surface area contributed by atoms with Gasteiger partial charge in [-0.15, -0.1) is 0 Å². The van der Waals surface area contributed by atoms with E-state index in [2.05, 4.69) is 195 Å². The van der Waals surface area contributed by atoms with Gasteiger partial charge in [-0.1, -0.05) is 97.1 Å². The molecule has 2 heteroatoms. The largest absolute Gasteiger partial charge is 0.314 e. The van der Waals surface area contributed by atoms with E-state index in [-0.39, 0.29) is 0 Å². The summed E-state index contributed by atoms with van der Waals surface area (Å²) in [6.45, 7) is 8.95. The molecule has 0 fully saturated rings. The number of allylic oxidation sites excluding steroid dienone is 2. The number of benzene rings is 7. The van der Waals surface area contributed by atoms with Gasteiger partial charge in [-0.05, 0) is 138 Å². The van der Waals surface area contributed by atoms with Crippen LogP contribution in [0, 0.1) is 13.8 Å². The third-order valence-corrected chi connectivity index (χ3v) is 10.1. The zero-order valence-corrected chi connectivity index (χ0v) is 27.9. The Labute approximate surface area is 282 Å². The summed E-state index contributed by atoms with van der Waals surface area (Å²) < 4.78 is 2.37. The number of para-hydroxylation sites is 1. The first-order valence-electron chi connectivity index (χ1n) is 16.7. The van der Waals surface area contributed by atoms with Gasteiger partial charge < -0.3 is 9.47 Å². The number of aromatic nitrogens is 1. The van der Waals surface area contributed by atoms with Gasteiger partial charge in [0.2, 0.25) is 0 Å². The first-order chi connectivity index (χ1) is 23.5. The van der Waals surface area contributed by atoms with E-state index in [0.29, 0.717) is 0 Å². The van der Waals surface area contributed by atoms with E-state index in [1.54, 1.807) is 0 Å². The first-order valence-corrected chi connectivity index (χ1v) is 16.7. The Kier molecular flexibility index (Phi) is 7.42. The molecule has 1 aromatic heterocycles. The monoisotopic (exact) mass is 618 g/mol. The second-order valence-electron chi connectivity index (χ2n) is 12.8. The summed E-state index contributed by atoms with van der Waals surface area (Å²) in [5.74, 6) is 0. The Hall–Kier alpha value is -5.86. The summed E-state index contributed by atoms with van der Waals surface area (Å²) in [6.07, 6.45) is 0. The maximum absolute atomic E-state index is 2.37. The molecule has 0 saturated heterocycles. The van der Waals surface area contributed by atoms with Crippen molar-refractivity contribution in [3.05, 3.63) is 180 Å². The molecule has 0 saturated carbocycles. The van der Waals surface area contributed by atoms with E-state index in [0.717, 1.165) is 17.1 Å². The minimum absolute atomic E-state index is 1.13. The zero-order chi connectivity index (χ0) is 32.8. The van der Waals surface area contributed by atoms with Gasteiger partial charge in [0, 0.05) is 33.8 Å². The number of fused-ring (bicyclic) bond motifs is 3. The fourth-order valence-corrected chi connectivity index (χ4v) is 7.09. The standard InChI is InChI=1S/C46H38N2/c1-31(32(2)38-22-27-46-45(30-38)33(3)34(4)47(46)41-16-6-5-7-17-41)35-18-23-42(24-19-35)48(43-25-20-36-12-8-10-14-39(36)28-43)44-26-21-37-13-9-11-15-40(37)29-44/h5-30H,1-4H3/b32-31+. The van der Waals surface area contributed by atoms with Crippen molar-refractivity contribution >= 4 is 60.7 Å². The van der Waals surface area contributed by atoms with E-state index < -0.39 is 0 Å². The number of rotatable bonds is 6. The fraction of sp³-hybridized carbons (Fsp3) is 0.0870. The third kappa shape index (κ3) is 5.16. The van der Waals surface area contributed by atoms with Gasteiger partial charge in [0.25, 0.3) is 0 Å². The highest BCUT2D eigenvalue weighted by atomic mass is 15.1. The molecule has 0 aliphatic carbocycles. The molecular formula is C46H38N2. The van der Waals surface area contributed by atoms with Crippen LogP contribution in [0.15, 0.2) is 158 Å². The van der Waals surface area contributed by atoms with Crippen LogP contribution in [0.5, 0.6) is 0 Å². The van der Waals surface area contributed by atoms with E-state index in [4.69, 9.17) is 0 Å². The van der Waals surface area contributed by atoms with Crippen LogP contribution in [0.2, 0.25) is 0 Å². The summed E-state index contributed by atoms with van der Waals surface area (Å²) in [5.41, 5.74) is 13.5. The first kappa shape index (κ1) is 29.5. The molecule has 0 spiro atoms. The third-order valence-electron chi connectivity index (χ3n) is 10.1. The molecule has 48 heavy (non-hydrogen) atoms. The van der Waals surface area contributed by atoms with Crippen LogP contribution in [0.3, 0.4) is 0 Å². The lowest BCUT2D eigenvalue weighted by atomic mass is 9.95. The topological polar surface area (TPSA) is 8.17 Å². The van der Waals surface area contributed by atoms with Crippen LogP contribution in [0.25, 0.3) is 49.3 Å². The number of anilines is 3. The minimum Gasteiger partial charge on any atom is -0.314 e. The van der Waals surface area contributed by atoms with E-state index in [1.165, 1.54) is 71.7 Å². The van der Waals surface area contributed by atoms with Gasteiger partial charge >= 0.3 is 0 Å². The zero-order valence-electron chi connectivity index (χ0n) is 27.9. The summed E-state index contributed by atoms with van der Waals surface area (Å²) in [5, 5.41) is 6.25. The molecule has 0 N–H and O–H groups in total. The van der Waals surface area contributed by atoms with Crippen LogP contribution in [0.1, 0.15) is 36.2 Å². The molecule has 1 heterocycles. The second-order valence-corrected chi connectivity index (χ2v) is 12.8. The Morgan fingerprint density at radius 2 is 0.958 bits per heavy atom. The van der Waals surface area contributed by atoms with Gasteiger partial charge in [0.1, 0.15) is 0 Å². The van der Waals surface area contributed by atoms with Gasteiger partial charge in [0.05, 0.1) is 5.52 Å². The lowest BCUT2D eigenvalue weighted by Crippen LogP contribution is -2.10. The van der Waals surface area contributed by atoms with Crippen molar-refractivity contribution in [1.29, 1.82) is 0 Å². The highest BCUT2D eigenvalue weighted by Gasteiger charge is 2.16. The molecule has 8 rings (SSSR count).